The van der Waals surface area contributed by atoms with Crippen LogP contribution in [0.5, 0.6) is 0 Å². The number of benzene rings is 1. The summed E-state index contributed by atoms with van der Waals surface area (Å²) in [6.07, 6.45) is 1.57. The van der Waals surface area contributed by atoms with Crippen molar-refractivity contribution in [3.8, 4) is 0 Å². The average molecular weight is 251 g/mol. The molecule has 0 amide bonds. The molecule has 92 valence electrons. The molecule has 3 nitrogen and oxygen atoms in total. The van der Waals surface area contributed by atoms with Crippen LogP contribution in [0.2, 0.25) is 0 Å². The Morgan fingerprint density at radius 1 is 1.59 bits per heavy atom. The molecule has 0 saturated heterocycles. The molecular formula is C13H17NO2S. The first-order valence-electron chi connectivity index (χ1n) is 5.73. The van der Waals surface area contributed by atoms with Crippen molar-refractivity contribution < 1.29 is 9.90 Å². The lowest BCUT2D eigenvalue weighted by Crippen LogP contribution is -2.38. The van der Waals surface area contributed by atoms with Crippen LogP contribution < -0.4 is 5.73 Å². The van der Waals surface area contributed by atoms with E-state index in [0.29, 0.717) is 11.7 Å². The molecule has 0 aromatic heterocycles. The van der Waals surface area contributed by atoms with Crippen LogP contribution in [-0.2, 0) is 11.2 Å². The summed E-state index contributed by atoms with van der Waals surface area (Å²) in [6.45, 7) is 1.93. The van der Waals surface area contributed by atoms with Gasteiger partial charge in [0.05, 0.1) is 5.41 Å². The largest absolute Gasteiger partial charge is 0.481 e. The maximum atomic E-state index is 11.2. The van der Waals surface area contributed by atoms with Crippen molar-refractivity contribution >= 4 is 17.7 Å². The number of hydrogen-bond donors (Lipinski definition) is 2. The summed E-state index contributed by atoms with van der Waals surface area (Å²) < 4.78 is 0. The highest BCUT2D eigenvalue weighted by Crippen LogP contribution is 2.41. The van der Waals surface area contributed by atoms with Crippen LogP contribution in [0.25, 0.3) is 0 Å². The number of aliphatic carboxylic acids is 1. The molecule has 1 heterocycles. The normalized spacial score (nSPS) is 21.9. The Kier molecular flexibility index (Phi) is 3.45. The predicted molar refractivity (Wildman–Crippen MR) is 69.2 cm³/mol. The fourth-order valence-corrected chi connectivity index (χ4v) is 3.66. The van der Waals surface area contributed by atoms with Crippen molar-refractivity contribution in [3.05, 3.63) is 29.8 Å². The second-order valence-corrected chi connectivity index (χ2v) is 6.17. The Hall–Kier alpha value is -1.00. The molecule has 1 aromatic carbocycles. The van der Waals surface area contributed by atoms with Crippen LogP contribution in [0.15, 0.2) is 29.2 Å². The lowest BCUT2D eigenvalue weighted by molar-refractivity contribution is -0.147. The van der Waals surface area contributed by atoms with Gasteiger partial charge in [0, 0.05) is 16.7 Å². The lowest BCUT2D eigenvalue weighted by Gasteiger charge is -2.25. The van der Waals surface area contributed by atoms with Gasteiger partial charge in [0.15, 0.2) is 0 Å². The predicted octanol–water partition coefficient (Wildman–Crippen LogP) is 2.14. The number of fused-ring (bicyclic) bond motifs is 1. The van der Waals surface area contributed by atoms with Crippen LogP contribution >= 0.6 is 11.8 Å². The molecule has 4 heteroatoms. The Balaban J connectivity index is 2.07. The molecule has 0 radical (unpaired) electrons. The molecule has 1 aliphatic heterocycles. The van der Waals surface area contributed by atoms with Crippen LogP contribution in [0.1, 0.15) is 18.9 Å². The SMILES string of the molecule is CC(CN)(CC1Cc2ccccc2S1)C(=O)O. The van der Waals surface area contributed by atoms with Gasteiger partial charge in [0.2, 0.25) is 0 Å². The van der Waals surface area contributed by atoms with E-state index in [-0.39, 0.29) is 6.54 Å². The summed E-state index contributed by atoms with van der Waals surface area (Å²) in [5.74, 6) is -0.795. The minimum Gasteiger partial charge on any atom is -0.481 e. The van der Waals surface area contributed by atoms with Crippen molar-refractivity contribution in [2.45, 2.75) is 29.9 Å². The molecule has 0 fully saturated rings. The molecule has 0 saturated carbocycles. The maximum Gasteiger partial charge on any atom is 0.310 e. The molecule has 0 spiro atoms. The third-order valence-corrected chi connectivity index (χ3v) is 4.68. The molecule has 3 N–H and O–H groups in total. The first-order chi connectivity index (χ1) is 8.05. The van der Waals surface area contributed by atoms with Gasteiger partial charge < -0.3 is 10.8 Å². The van der Waals surface area contributed by atoms with Crippen LogP contribution in [0.4, 0.5) is 0 Å². The van der Waals surface area contributed by atoms with E-state index < -0.39 is 11.4 Å². The number of thioether (sulfide) groups is 1. The maximum absolute atomic E-state index is 11.2. The number of carboxylic acids is 1. The van der Waals surface area contributed by atoms with E-state index >= 15 is 0 Å². The second kappa shape index (κ2) is 4.70. The summed E-state index contributed by atoms with van der Waals surface area (Å²) in [5, 5.41) is 9.55. The third-order valence-electron chi connectivity index (χ3n) is 3.36. The molecule has 2 rings (SSSR count). The molecule has 2 atom stereocenters. The molecule has 0 aliphatic carbocycles. The minimum atomic E-state index is -0.806. The van der Waals surface area contributed by atoms with Gasteiger partial charge in [0.1, 0.15) is 0 Å². The first-order valence-corrected chi connectivity index (χ1v) is 6.61. The number of carbonyl (C=O) groups is 1. The van der Waals surface area contributed by atoms with E-state index in [1.54, 1.807) is 18.7 Å². The van der Waals surface area contributed by atoms with Crippen LogP contribution in [0, 0.1) is 5.41 Å². The average Bonchev–Trinajstić information content (AvgIpc) is 2.70. The summed E-state index contributed by atoms with van der Waals surface area (Å²) >= 11 is 1.78. The standard InChI is InChI=1S/C13H17NO2S/c1-13(8-14,12(15)16)7-10-6-9-4-2-3-5-11(9)17-10/h2-5,10H,6-8,14H2,1H3,(H,15,16). The summed E-state index contributed by atoms with van der Waals surface area (Å²) in [5.41, 5.74) is 6.12. The van der Waals surface area contributed by atoms with E-state index in [0.717, 1.165) is 6.42 Å². The summed E-state index contributed by atoms with van der Waals surface area (Å²) in [7, 11) is 0. The summed E-state index contributed by atoms with van der Waals surface area (Å²) in [6, 6.07) is 8.26. The zero-order valence-corrected chi connectivity index (χ0v) is 10.7. The number of nitrogens with two attached hydrogens (primary N) is 1. The Morgan fingerprint density at radius 2 is 2.29 bits per heavy atom. The highest BCUT2D eigenvalue weighted by Gasteiger charge is 2.36. The quantitative estimate of drug-likeness (QED) is 0.860. The number of hydrogen-bond acceptors (Lipinski definition) is 3. The van der Waals surface area contributed by atoms with E-state index in [4.69, 9.17) is 5.73 Å². The molecule has 1 aromatic rings. The van der Waals surface area contributed by atoms with Crippen LogP contribution in [0.3, 0.4) is 0 Å². The highest BCUT2D eigenvalue weighted by atomic mass is 32.2. The van der Waals surface area contributed by atoms with E-state index in [2.05, 4.69) is 12.1 Å². The van der Waals surface area contributed by atoms with Crippen LogP contribution in [-0.4, -0.2) is 22.9 Å². The van der Waals surface area contributed by atoms with Crippen molar-refractivity contribution in [1.82, 2.24) is 0 Å². The van der Waals surface area contributed by atoms with Crippen molar-refractivity contribution in [3.63, 3.8) is 0 Å². The number of rotatable bonds is 4. The lowest BCUT2D eigenvalue weighted by atomic mass is 9.84. The number of carboxylic acid groups (broad SMARTS) is 1. The van der Waals surface area contributed by atoms with Gasteiger partial charge in [-0.2, -0.15) is 0 Å². The third kappa shape index (κ3) is 2.48. The van der Waals surface area contributed by atoms with Gasteiger partial charge in [-0.15, -0.1) is 11.8 Å². The van der Waals surface area contributed by atoms with Gasteiger partial charge in [-0.05, 0) is 31.4 Å². The molecule has 17 heavy (non-hydrogen) atoms. The van der Waals surface area contributed by atoms with Crippen molar-refractivity contribution in [2.75, 3.05) is 6.54 Å². The molecule has 2 unspecified atom stereocenters. The van der Waals surface area contributed by atoms with Gasteiger partial charge in [-0.3, -0.25) is 4.79 Å². The topological polar surface area (TPSA) is 63.3 Å². The Morgan fingerprint density at radius 3 is 2.88 bits per heavy atom. The zero-order chi connectivity index (χ0) is 12.5. The summed E-state index contributed by atoms with van der Waals surface area (Å²) in [4.78, 5) is 12.5. The zero-order valence-electron chi connectivity index (χ0n) is 9.85. The Labute approximate surface area is 105 Å². The molecule has 1 aliphatic rings. The monoisotopic (exact) mass is 251 g/mol. The van der Waals surface area contributed by atoms with Crippen molar-refractivity contribution in [1.29, 1.82) is 0 Å². The minimum absolute atomic E-state index is 0.190. The van der Waals surface area contributed by atoms with Gasteiger partial charge >= 0.3 is 5.97 Å². The van der Waals surface area contributed by atoms with Gasteiger partial charge in [-0.25, -0.2) is 0 Å². The van der Waals surface area contributed by atoms with Gasteiger partial charge in [-0.1, -0.05) is 18.2 Å². The molecule has 0 bridgehead atoms. The van der Waals surface area contributed by atoms with Gasteiger partial charge in [0.25, 0.3) is 0 Å². The van der Waals surface area contributed by atoms with E-state index in [1.807, 2.05) is 12.1 Å². The fourth-order valence-electron chi connectivity index (χ4n) is 2.13. The molecular weight excluding hydrogens is 234 g/mol. The highest BCUT2D eigenvalue weighted by molar-refractivity contribution is 8.00. The second-order valence-electron chi connectivity index (χ2n) is 4.83. The van der Waals surface area contributed by atoms with E-state index in [1.165, 1.54) is 10.5 Å². The smallest absolute Gasteiger partial charge is 0.310 e. The van der Waals surface area contributed by atoms with E-state index in [9.17, 15) is 9.90 Å². The first kappa shape index (κ1) is 12.5. The Bertz CT molecular complexity index is 410. The van der Waals surface area contributed by atoms with Crippen molar-refractivity contribution in [2.24, 2.45) is 11.1 Å². The fraction of sp³-hybridized carbons (Fsp3) is 0.462.